The van der Waals surface area contributed by atoms with Gasteiger partial charge in [-0.2, -0.15) is 74.6 Å². The maximum absolute atomic E-state index is 13.9. The summed E-state index contributed by atoms with van der Waals surface area (Å²) < 4.78 is 223. The molecular weight excluding hydrogens is 507 g/mol. The van der Waals surface area contributed by atoms with Gasteiger partial charge >= 0.3 is 47.6 Å². The Hall–Kier alpha value is -1.23. The van der Waals surface area contributed by atoms with Crippen LogP contribution >= 0.6 is 0 Å². The molecule has 0 aromatic carbocycles. The van der Waals surface area contributed by atoms with Crippen LogP contribution in [0.4, 0.5) is 74.6 Å². The molecular formula is C14H13F17O. The van der Waals surface area contributed by atoms with E-state index in [-0.39, 0.29) is 13.3 Å². The number of hydrogen-bond donors (Lipinski definition) is 1. The molecule has 0 heterocycles. The van der Waals surface area contributed by atoms with E-state index < -0.39 is 66.1 Å². The van der Waals surface area contributed by atoms with Crippen LogP contribution in [0.15, 0.2) is 0 Å². The summed E-state index contributed by atoms with van der Waals surface area (Å²) in [6, 6.07) is 0. The molecule has 0 saturated heterocycles. The lowest BCUT2D eigenvalue weighted by Gasteiger charge is -2.45. The summed E-state index contributed by atoms with van der Waals surface area (Å²) >= 11 is 0. The van der Waals surface area contributed by atoms with Crippen molar-refractivity contribution in [3.8, 4) is 0 Å². The van der Waals surface area contributed by atoms with Gasteiger partial charge in [0.25, 0.3) is 0 Å². The average Bonchev–Trinajstić information content (AvgIpc) is 2.57. The predicted octanol–water partition coefficient (Wildman–Crippen LogP) is 6.94. The van der Waals surface area contributed by atoms with E-state index >= 15 is 0 Å². The summed E-state index contributed by atoms with van der Waals surface area (Å²) in [5.41, 5.74) is -4.38. The van der Waals surface area contributed by atoms with Gasteiger partial charge in [-0.1, -0.05) is 19.8 Å². The van der Waals surface area contributed by atoms with E-state index in [2.05, 4.69) is 0 Å². The van der Waals surface area contributed by atoms with Crippen LogP contribution in [0.2, 0.25) is 0 Å². The second kappa shape index (κ2) is 7.92. The summed E-state index contributed by atoms with van der Waals surface area (Å²) in [6.07, 6.45) is -10.2. The van der Waals surface area contributed by atoms with Crippen LogP contribution in [0.3, 0.4) is 0 Å². The maximum Gasteiger partial charge on any atom is 0.460 e. The van der Waals surface area contributed by atoms with Crippen LogP contribution in [-0.4, -0.2) is 58.3 Å². The number of rotatable bonds is 10. The highest BCUT2D eigenvalue weighted by Gasteiger charge is 2.95. The Balaban J connectivity index is 6.79. The first-order chi connectivity index (χ1) is 13.6. The van der Waals surface area contributed by atoms with Crippen LogP contribution in [0.5, 0.6) is 0 Å². The second-order valence-corrected chi connectivity index (χ2v) is 6.90. The van der Waals surface area contributed by atoms with Gasteiger partial charge in [0, 0.05) is 0 Å². The summed E-state index contributed by atoms with van der Waals surface area (Å²) in [4.78, 5) is 0. The standard InChI is InChI=1S/C14H13F17O/c1-3-4-5-6(2,32)7(15,16)8(17,18)9(19,20)10(21,22)11(23,24)12(25,26)13(27,28)14(29,30)31/h32H,3-5H2,1-2H3. The Morgan fingerprint density at radius 3 is 0.969 bits per heavy atom. The maximum atomic E-state index is 13.9. The minimum absolute atomic E-state index is 0.207. The van der Waals surface area contributed by atoms with Gasteiger partial charge in [0.05, 0.1) is 0 Å². The molecule has 18 heteroatoms. The zero-order valence-electron chi connectivity index (χ0n) is 15.5. The normalized spacial score (nSPS) is 18.0. The largest absolute Gasteiger partial charge is 0.460 e. The van der Waals surface area contributed by atoms with E-state index in [1.165, 1.54) is 6.92 Å². The molecule has 194 valence electrons. The van der Waals surface area contributed by atoms with Crippen molar-refractivity contribution in [3.63, 3.8) is 0 Å². The van der Waals surface area contributed by atoms with Crippen molar-refractivity contribution in [2.45, 2.75) is 86.3 Å². The number of halogens is 17. The number of alkyl halides is 17. The molecule has 0 spiro atoms. The molecule has 0 aliphatic carbocycles. The van der Waals surface area contributed by atoms with Gasteiger partial charge in [0.2, 0.25) is 0 Å². The molecule has 0 radical (unpaired) electrons. The molecule has 1 atom stereocenters. The van der Waals surface area contributed by atoms with E-state index in [9.17, 15) is 79.7 Å². The third-order valence-electron chi connectivity index (χ3n) is 4.42. The molecule has 0 bridgehead atoms. The molecule has 0 saturated carbocycles. The smallest absolute Gasteiger partial charge is 0.384 e. The Morgan fingerprint density at radius 1 is 0.469 bits per heavy atom. The number of hydrogen-bond acceptors (Lipinski definition) is 1. The molecule has 32 heavy (non-hydrogen) atoms. The van der Waals surface area contributed by atoms with E-state index in [0.29, 0.717) is 0 Å². The summed E-state index contributed by atoms with van der Waals surface area (Å²) in [7, 11) is 0. The van der Waals surface area contributed by atoms with Crippen molar-refractivity contribution >= 4 is 0 Å². The van der Waals surface area contributed by atoms with Crippen LogP contribution < -0.4 is 0 Å². The van der Waals surface area contributed by atoms with Gasteiger partial charge in [-0.25, -0.2) is 0 Å². The topological polar surface area (TPSA) is 20.2 Å². The van der Waals surface area contributed by atoms with Crippen molar-refractivity contribution in [2.24, 2.45) is 0 Å². The fourth-order valence-corrected chi connectivity index (χ4v) is 2.18. The van der Waals surface area contributed by atoms with Gasteiger partial charge in [0.15, 0.2) is 0 Å². The lowest BCUT2D eigenvalue weighted by Crippen LogP contribution is -2.76. The monoisotopic (exact) mass is 520 g/mol. The molecule has 0 aliphatic rings. The average molecular weight is 520 g/mol. The van der Waals surface area contributed by atoms with E-state index in [0.717, 1.165) is 0 Å². The summed E-state index contributed by atoms with van der Waals surface area (Å²) in [5.74, 6) is -57.1. The summed E-state index contributed by atoms with van der Waals surface area (Å²) in [5, 5.41) is 9.32. The highest BCUT2D eigenvalue weighted by atomic mass is 19.4. The highest BCUT2D eigenvalue weighted by molar-refractivity contribution is 5.17. The van der Waals surface area contributed by atoms with Gasteiger partial charge in [-0.05, 0) is 13.3 Å². The van der Waals surface area contributed by atoms with E-state index in [1.807, 2.05) is 0 Å². The van der Waals surface area contributed by atoms with E-state index in [4.69, 9.17) is 0 Å². The van der Waals surface area contributed by atoms with Crippen molar-refractivity contribution in [1.29, 1.82) is 0 Å². The first-order valence-corrected chi connectivity index (χ1v) is 8.00. The predicted molar refractivity (Wildman–Crippen MR) is 70.8 cm³/mol. The lowest BCUT2D eigenvalue weighted by atomic mass is 9.81. The Morgan fingerprint density at radius 2 is 0.719 bits per heavy atom. The Bertz CT molecular complexity index is 661. The molecule has 0 amide bonds. The Kier molecular flexibility index (Phi) is 7.62. The zero-order chi connectivity index (χ0) is 26.6. The zero-order valence-corrected chi connectivity index (χ0v) is 15.5. The van der Waals surface area contributed by atoms with Crippen LogP contribution in [-0.2, 0) is 0 Å². The molecule has 1 N–H and O–H groups in total. The fraction of sp³-hybridized carbons (Fsp3) is 1.00. The SMILES string of the molecule is CCCCC(C)(O)C(F)(F)C(F)(F)C(F)(F)C(F)(F)C(F)(F)C(F)(F)C(F)(F)C(F)(F)F. The first kappa shape index (κ1) is 30.8. The van der Waals surface area contributed by atoms with Crippen LogP contribution in [0, 0.1) is 0 Å². The summed E-state index contributed by atoms with van der Waals surface area (Å²) in [6.45, 7) is 0.827. The fourth-order valence-electron chi connectivity index (χ4n) is 2.18. The molecule has 1 nitrogen and oxygen atoms in total. The lowest BCUT2D eigenvalue weighted by molar-refractivity contribution is -0.466. The minimum Gasteiger partial charge on any atom is -0.384 e. The van der Waals surface area contributed by atoms with Crippen LogP contribution in [0.25, 0.3) is 0 Å². The van der Waals surface area contributed by atoms with Gasteiger partial charge < -0.3 is 5.11 Å². The van der Waals surface area contributed by atoms with Crippen molar-refractivity contribution in [3.05, 3.63) is 0 Å². The first-order valence-electron chi connectivity index (χ1n) is 8.00. The van der Waals surface area contributed by atoms with Crippen molar-refractivity contribution in [2.75, 3.05) is 0 Å². The van der Waals surface area contributed by atoms with Crippen LogP contribution in [0.1, 0.15) is 33.1 Å². The quantitative estimate of drug-likeness (QED) is 0.310. The molecule has 0 aromatic heterocycles. The van der Waals surface area contributed by atoms with Crippen molar-refractivity contribution in [1.82, 2.24) is 0 Å². The molecule has 0 aromatic rings. The van der Waals surface area contributed by atoms with Gasteiger partial charge in [0.1, 0.15) is 5.60 Å². The molecule has 0 aliphatic heterocycles. The molecule has 1 unspecified atom stereocenters. The highest BCUT2D eigenvalue weighted by Crippen LogP contribution is 2.64. The third-order valence-corrected chi connectivity index (χ3v) is 4.42. The number of aliphatic hydroxyl groups is 1. The number of unbranched alkanes of at least 4 members (excludes halogenated alkanes) is 1. The Labute approximate surface area is 167 Å². The van der Waals surface area contributed by atoms with Crippen molar-refractivity contribution < 1.29 is 79.7 Å². The second-order valence-electron chi connectivity index (χ2n) is 6.90. The minimum atomic E-state index is -8.67. The van der Waals surface area contributed by atoms with Gasteiger partial charge in [-0.3, -0.25) is 0 Å². The third kappa shape index (κ3) is 3.86. The molecule has 0 rings (SSSR count). The molecule has 0 fully saturated rings. The van der Waals surface area contributed by atoms with Gasteiger partial charge in [-0.15, -0.1) is 0 Å². The van der Waals surface area contributed by atoms with E-state index in [1.54, 1.807) is 0 Å².